The number of primary sulfonamides is 1. The predicted molar refractivity (Wildman–Crippen MR) is 82.3 cm³/mol. The molecule has 1 aromatic carbocycles. The molecule has 0 atom stereocenters. The van der Waals surface area contributed by atoms with Crippen LogP contribution in [0.25, 0.3) is 0 Å². The lowest BCUT2D eigenvalue weighted by molar-refractivity contribution is 0.597. The number of nitrogens with zero attached hydrogens (tertiary/aromatic N) is 1. The zero-order chi connectivity index (χ0) is 15.3. The van der Waals surface area contributed by atoms with E-state index in [9.17, 15) is 8.42 Å². The summed E-state index contributed by atoms with van der Waals surface area (Å²) in [6, 6.07) is 10.3. The van der Waals surface area contributed by atoms with Crippen molar-refractivity contribution in [2.45, 2.75) is 17.7 Å². The van der Waals surface area contributed by atoms with Crippen LogP contribution >= 0.6 is 11.6 Å². The van der Waals surface area contributed by atoms with E-state index >= 15 is 0 Å². The van der Waals surface area contributed by atoms with Gasteiger partial charge in [-0.15, -0.1) is 0 Å². The summed E-state index contributed by atoms with van der Waals surface area (Å²) in [5.41, 5.74) is 1.40. The van der Waals surface area contributed by atoms with Crippen LogP contribution in [0.2, 0.25) is 5.02 Å². The number of pyridine rings is 1. The van der Waals surface area contributed by atoms with Gasteiger partial charge in [0.1, 0.15) is 10.6 Å². The van der Waals surface area contributed by atoms with Gasteiger partial charge >= 0.3 is 0 Å². The minimum absolute atomic E-state index is 0.0562. The average molecular weight is 321 g/mol. The molecule has 0 fully saturated rings. The number of hydrogen-bond acceptors (Lipinski definition) is 3. The van der Waals surface area contributed by atoms with Crippen LogP contribution < -0.4 is 5.14 Å². The molecule has 0 aliphatic heterocycles. The molecule has 4 nitrogen and oxygen atoms in total. The van der Waals surface area contributed by atoms with Crippen LogP contribution in [-0.4, -0.2) is 13.4 Å². The average Bonchev–Trinajstić information content (AvgIpc) is 2.45. The smallest absolute Gasteiger partial charge is 0.239 e. The van der Waals surface area contributed by atoms with E-state index in [1.165, 1.54) is 6.07 Å². The van der Waals surface area contributed by atoms with Crippen molar-refractivity contribution in [3.8, 4) is 11.8 Å². The molecule has 21 heavy (non-hydrogen) atoms. The first kappa shape index (κ1) is 15.5. The van der Waals surface area contributed by atoms with Crippen molar-refractivity contribution in [2.75, 3.05) is 0 Å². The molecular formula is C15H13ClN2O2S. The Morgan fingerprint density at radius 3 is 2.67 bits per heavy atom. The largest absolute Gasteiger partial charge is 0.248 e. The Morgan fingerprint density at radius 1 is 1.19 bits per heavy atom. The number of halogens is 1. The number of aromatic nitrogens is 1. The van der Waals surface area contributed by atoms with E-state index in [0.717, 1.165) is 0 Å². The molecule has 0 aliphatic carbocycles. The van der Waals surface area contributed by atoms with E-state index in [2.05, 4.69) is 16.8 Å². The fourth-order valence-electron chi connectivity index (χ4n) is 1.76. The van der Waals surface area contributed by atoms with Crippen molar-refractivity contribution in [1.29, 1.82) is 0 Å². The van der Waals surface area contributed by atoms with Crippen LogP contribution in [0, 0.1) is 11.8 Å². The Labute approximate surface area is 129 Å². The normalized spacial score (nSPS) is 10.8. The first-order valence-corrected chi connectivity index (χ1v) is 8.11. The third-order valence-electron chi connectivity index (χ3n) is 2.75. The van der Waals surface area contributed by atoms with Gasteiger partial charge in [0, 0.05) is 12.6 Å². The molecule has 108 valence electrons. The van der Waals surface area contributed by atoms with Crippen molar-refractivity contribution >= 4 is 21.6 Å². The predicted octanol–water partition coefficient (Wildman–Crippen LogP) is 2.37. The molecular weight excluding hydrogens is 308 g/mol. The van der Waals surface area contributed by atoms with Gasteiger partial charge in [-0.2, -0.15) is 0 Å². The fraction of sp³-hybridized carbons (Fsp3) is 0.133. The molecule has 0 aliphatic rings. The third-order valence-corrected chi connectivity index (χ3v) is 4.26. The Morgan fingerprint density at radius 2 is 2.00 bits per heavy atom. The molecule has 0 radical (unpaired) electrons. The van der Waals surface area contributed by atoms with Gasteiger partial charge in [0.15, 0.2) is 0 Å². The quantitative estimate of drug-likeness (QED) is 0.882. The molecule has 0 spiro atoms. The first-order chi connectivity index (χ1) is 9.98. The zero-order valence-electron chi connectivity index (χ0n) is 11.1. The molecule has 0 unspecified atom stereocenters. The van der Waals surface area contributed by atoms with Gasteiger partial charge in [-0.05, 0) is 36.1 Å². The summed E-state index contributed by atoms with van der Waals surface area (Å²) < 4.78 is 22.8. The molecule has 2 aromatic rings. The minimum atomic E-state index is -3.81. The van der Waals surface area contributed by atoms with E-state index < -0.39 is 10.0 Å². The maximum atomic E-state index is 11.4. The molecule has 0 saturated carbocycles. The lowest BCUT2D eigenvalue weighted by atomic mass is 10.1. The highest BCUT2D eigenvalue weighted by atomic mass is 35.5. The number of benzene rings is 1. The molecule has 0 bridgehead atoms. The summed E-state index contributed by atoms with van der Waals surface area (Å²) in [5, 5.41) is 5.28. The topological polar surface area (TPSA) is 73.1 Å². The van der Waals surface area contributed by atoms with Crippen molar-refractivity contribution < 1.29 is 8.42 Å². The molecule has 6 heteroatoms. The minimum Gasteiger partial charge on any atom is -0.248 e. The van der Waals surface area contributed by atoms with Crippen molar-refractivity contribution in [1.82, 2.24) is 4.98 Å². The Bertz CT molecular complexity index is 793. The Kier molecular flexibility index (Phi) is 4.97. The van der Waals surface area contributed by atoms with Gasteiger partial charge in [0.25, 0.3) is 0 Å². The monoisotopic (exact) mass is 320 g/mol. The maximum Gasteiger partial charge on any atom is 0.239 e. The van der Waals surface area contributed by atoms with Crippen LogP contribution in [0.15, 0.2) is 47.5 Å². The van der Waals surface area contributed by atoms with Crippen LogP contribution in [0.4, 0.5) is 0 Å². The highest BCUT2D eigenvalue weighted by Gasteiger charge is 2.14. The lowest BCUT2D eigenvalue weighted by Crippen LogP contribution is -2.13. The maximum absolute atomic E-state index is 11.4. The van der Waals surface area contributed by atoms with E-state index in [1.54, 1.807) is 18.3 Å². The molecule has 0 saturated heterocycles. The van der Waals surface area contributed by atoms with Crippen molar-refractivity contribution in [3.05, 3.63) is 58.9 Å². The summed E-state index contributed by atoms with van der Waals surface area (Å²) in [4.78, 5) is 4.04. The second-order valence-electron chi connectivity index (χ2n) is 4.29. The van der Waals surface area contributed by atoms with Gasteiger partial charge in [-0.25, -0.2) is 18.5 Å². The van der Waals surface area contributed by atoms with E-state index in [-0.39, 0.29) is 9.92 Å². The number of aryl methyl sites for hydroxylation is 1. The summed E-state index contributed by atoms with van der Waals surface area (Å²) in [6.45, 7) is 0. The lowest BCUT2D eigenvalue weighted by Gasteiger charge is -2.06. The highest BCUT2D eigenvalue weighted by molar-refractivity contribution is 7.89. The van der Waals surface area contributed by atoms with Crippen LogP contribution in [0.1, 0.15) is 17.7 Å². The number of hydrogen-bond donors (Lipinski definition) is 1. The second-order valence-corrected chi connectivity index (χ2v) is 6.20. The summed E-state index contributed by atoms with van der Waals surface area (Å²) in [5.74, 6) is 5.92. The summed E-state index contributed by atoms with van der Waals surface area (Å²) in [6.07, 6.45) is 2.77. The van der Waals surface area contributed by atoms with E-state index in [0.29, 0.717) is 24.1 Å². The summed E-state index contributed by atoms with van der Waals surface area (Å²) >= 11 is 6.07. The Hall–Kier alpha value is -1.87. The van der Waals surface area contributed by atoms with E-state index in [4.69, 9.17) is 16.7 Å². The number of sulfonamides is 1. The van der Waals surface area contributed by atoms with Gasteiger partial charge in [0.2, 0.25) is 10.0 Å². The van der Waals surface area contributed by atoms with Crippen molar-refractivity contribution in [2.24, 2.45) is 5.14 Å². The van der Waals surface area contributed by atoms with Crippen LogP contribution in [0.3, 0.4) is 0 Å². The molecule has 2 rings (SSSR count). The number of rotatable bonds is 3. The van der Waals surface area contributed by atoms with Crippen LogP contribution in [-0.2, 0) is 16.4 Å². The zero-order valence-corrected chi connectivity index (χ0v) is 12.7. The first-order valence-electron chi connectivity index (χ1n) is 6.18. The SMILES string of the molecule is NS(=O)(=O)c1cccc(CCC#Cc2ccccn2)c1Cl. The summed E-state index contributed by atoms with van der Waals surface area (Å²) in [7, 11) is -3.81. The van der Waals surface area contributed by atoms with E-state index in [1.807, 2.05) is 18.2 Å². The molecule has 1 aromatic heterocycles. The van der Waals surface area contributed by atoms with Crippen LogP contribution in [0.5, 0.6) is 0 Å². The van der Waals surface area contributed by atoms with Gasteiger partial charge in [-0.1, -0.05) is 35.7 Å². The highest BCUT2D eigenvalue weighted by Crippen LogP contribution is 2.25. The van der Waals surface area contributed by atoms with Gasteiger partial charge in [-0.3, -0.25) is 0 Å². The van der Waals surface area contributed by atoms with Gasteiger partial charge in [0.05, 0.1) is 5.02 Å². The standard InChI is InChI=1S/C15H13ClN2O2S/c16-15-12(7-5-10-14(15)21(17,19)20)6-1-2-8-13-9-3-4-11-18-13/h3-5,7,9-11H,1,6H2,(H2,17,19,20). The molecule has 0 amide bonds. The molecule has 2 N–H and O–H groups in total. The Balaban J connectivity index is 2.10. The molecule has 1 heterocycles. The third kappa shape index (κ3) is 4.30. The van der Waals surface area contributed by atoms with Crippen molar-refractivity contribution in [3.63, 3.8) is 0 Å². The second kappa shape index (κ2) is 6.72. The van der Waals surface area contributed by atoms with Gasteiger partial charge < -0.3 is 0 Å². The fourth-order valence-corrected chi connectivity index (χ4v) is 2.95. The number of nitrogens with two attached hydrogens (primary N) is 1.